The van der Waals surface area contributed by atoms with Gasteiger partial charge in [-0.25, -0.2) is 8.78 Å². The Labute approximate surface area is 118 Å². The zero-order valence-corrected chi connectivity index (χ0v) is 11.5. The second-order valence-corrected chi connectivity index (χ2v) is 4.93. The zero-order chi connectivity index (χ0) is 13.8. The Morgan fingerprint density at radius 1 is 1.11 bits per heavy atom. The van der Waals surface area contributed by atoms with Crippen LogP contribution in [0.4, 0.5) is 14.5 Å². The molecule has 0 saturated carbocycles. The van der Waals surface area contributed by atoms with E-state index in [1.165, 1.54) is 30.3 Å². The van der Waals surface area contributed by atoms with E-state index in [1.807, 2.05) is 0 Å². The van der Waals surface area contributed by atoms with Crippen LogP contribution in [-0.4, -0.2) is 11.7 Å². The monoisotopic (exact) mass is 327 g/mol. The first kappa shape index (κ1) is 14.0. The molecule has 0 aliphatic heterocycles. The normalized spacial score (nSPS) is 12.2. The molecule has 2 N–H and O–H groups in total. The minimum atomic E-state index is -0.760. The lowest BCUT2D eigenvalue weighted by atomic mass is 10.1. The molecule has 0 saturated heterocycles. The maximum atomic E-state index is 13.0. The molecule has 0 aliphatic rings. The van der Waals surface area contributed by atoms with Gasteiger partial charge >= 0.3 is 0 Å². The molecule has 2 aromatic rings. The second kappa shape index (κ2) is 6.12. The van der Waals surface area contributed by atoms with Crippen molar-refractivity contribution in [1.29, 1.82) is 0 Å². The van der Waals surface area contributed by atoms with E-state index in [-0.39, 0.29) is 18.2 Å². The first-order valence-electron chi connectivity index (χ1n) is 5.69. The molecular weight excluding hydrogens is 316 g/mol. The van der Waals surface area contributed by atoms with Gasteiger partial charge in [-0.1, -0.05) is 12.1 Å². The van der Waals surface area contributed by atoms with Crippen LogP contribution in [0, 0.1) is 11.6 Å². The molecule has 2 nitrogen and oxygen atoms in total. The maximum Gasteiger partial charge on any atom is 0.137 e. The van der Waals surface area contributed by atoms with E-state index in [1.54, 1.807) is 12.1 Å². The maximum absolute atomic E-state index is 13.0. The summed E-state index contributed by atoms with van der Waals surface area (Å²) in [6, 6.07) is 10.2. The number of rotatable bonds is 4. The fourth-order valence-electron chi connectivity index (χ4n) is 1.62. The average Bonchev–Trinajstić information content (AvgIpc) is 2.40. The SMILES string of the molecule is OC(CNc1ccc(F)c(Br)c1)c1ccc(F)cc1. The van der Waals surface area contributed by atoms with Gasteiger partial charge in [0.05, 0.1) is 10.6 Å². The first-order chi connectivity index (χ1) is 9.06. The molecule has 2 aromatic carbocycles. The van der Waals surface area contributed by atoms with Crippen LogP contribution in [0.15, 0.2) is 46.9 Å². The zero-order valence-electron chi connectivity index (χ0n) is 9.91. The third kappa shape index (κ3) is 3.75. The molecule has 0 radical (unpaired) electrons. The van der Waals surface area contributed by atoms with Gasteiger partial charge in [0, 0.05) is 12.2 Å². The molecule has 0 amide bonds. The van der Waals surface area contributed by atoms with Crippen LogP contribution in [0.2, 0.25) is 0 Å². The Balaban J connectivity index is 1.98. The van der Waals surface area contributed by atoms with Gasteiger partial charge in [-0.15, -0.1) is 0 Å². The standard InChI is InChI=1S/C14H12BrF2NO/c15-12-7-11(5-6-13(12)17)18-8-14(19)9-1-3-10(16)4-2-9/h1-7,14,18-19H,8H2. The molecule has 0 aliphatic carbocycles. The Hall–Kier alpha value is -1.46. The summed E-state index contributed by atoms with van der Waals surface area (Å²) in [5, 5.41) is 12.9. The van der Waals surface area contributed by atoms with Crippen LogP contribution in [0.3, 0.4) is 0 Å². The van der Waals surface area contributed by atoms with Gasteiger partial charge in [-0.2, -0.15) is 0 Å². The van der Waals surface area contributed by atoms with Gasteiger partial charge in [0.25, 0.3) is 0 Å². The molecule has 1 unspecified atom stereocenters. The lowest BCUT2D eigenvalue weighted by Crippen LogP contribution is -2.12. The van der Waals surface area contributed by atoms with Crippen LogP contribution in [0.25, 0.3) is 0 Å². The molecular formula is C14H12BrF2NO. The summed E-state index contributed by atoms with van der Waals surface area (Å²) in [6.07, 6.45) is -0.760. The van der Waals surface area contributed by atoms with Gasteiger partial charge in [-0.3, -0.25) is 0 Å². The van der Waals surface area contributed by atoms with Gasteiger partial charge < -0.3 is 10.4 Å². The minimum Gasteiger partial charge on any atom is -0.387 e. The predicted octanol–water partition coefficient (Wildman–Crippen LogP) is 3.87. The Bertz CT molecular complexity index is 560. The van der Waals surface area contributed by atoms with E-state index in [0.717, 1.165) is 0 Å². The van der Waals surface area contributed by atoms with Crippen LogP contribution in [0.1, 0.15) is 11.7 Å². The van der Waals surface area contributed by atoms with Crippen molar-refractivity contribution in [3.63, 3.8) is 0 Å². The summed E-state index contributed by atoms with van der Waals surface area (Å²) in [5.74, 6) is -0.684. The van der Waals surface area contributed by atoms with Gasteiger partial charge in [0.15, 0.2) is 0 Å². The van der Waals surface area contributed by atoms with E-state index in [9.17, 15) is 13.9 Å². The van der Waals surface area contributed by atoms with Crippen molar-refractivity contribution < 1.29 is 13.9 Å². The van der Waals surface area contributed by atoms with Crippen molar-refractivity contribution in [1.82, 2.24) is 0 Å². The molecule has 0 aromatic heterocycles. The van der Waals surface area contributed by atoms with E-state index >= 15 is 0 Å². The molecule has 2 rings (SSSR count). The third-order valence-corrected chi connectivity index (χ3v) is 3.28. The summed E-state index contributed by atoms with van der Waals surface area (Å²) in [5.41, 5.74) is 1.31. The first-order valence-corrected chi connectivity index (χ1v) is 6.48. The van der Waals surface area contributed by atoms with Crippen molar-refractivity contribution in [2.45, 2.75) is 6.10 Å². The summed E-state index contributed by atoms with van der Waals surface area (Å²) in [7, 11) is 0. The highest BCUT2D eigenvalue weighted by Crippen LogP contribution is 2.21. The van der Waals surface area contributed by atoms with E-state index in [2.05, 4.69) is 21.2 Å². The molecule has 0 bridgehead atoms. The second-order valence-electron chi connectivity index (χ2n) is 4.08. The number of halogens is 3. The quantitative estimate of drug-likeness (QED) is 0.893. The summed E-state index contributed by atoms with van der Waals surface area (Å²) in [6.45, 7) is 0.254. The highest BCUT2D eigenvalue weighted by molar-refractivity contribution is 9.10. The smallest absolute Gasteiger partial charge is 0.137 e. The third-order valence-electron chi connectivity index (χ3n) is 2.67. The van der Waals surface area contributed by atoms with Crippen molar-refractivity contribution in [2.24, 2.45) is 0 Å². The number of aliphatic hydroxyl groups excluding tert-OH is 1. The average molecular weight is 328 g/mol. The minimum absolute atomic E-state index is 0.254. The molecule has 0 spiro atoms. The Morgan fingerprint density at radius 2 is 1.79 bits per heavy atom. The number of aliphatic hydroxyl groups is 1. The largest absolute Gasteiger partial charge is 0.387 e. The lowest BCUT2D eigenvalue weighted by Gasteiger charge is -2.13. The van der Waals surface area contributed by atoms with Crippen molar-refractivity contribution in [3.05, 3.63) is 64.1 Å². The van der Waals surface area contributed by atoms with E-state index in [4.69, 9.17) is 0 Å². The van der Waals surface area contributed by atoms with E-state index < -0.39 is 6.10 Å². The summed E-state index contributed by atoms with van der Waals surface area (Å²) >= 11 is 3.09. The number of hydrogen-bond acceptors (Lipinski definition) is 2. The molecule has 100 valence electrons. The Morgan fingerprint density at radius 3 is 2.42 bits per heavy atom. The fraction of sp³-hybridized carbons (Fsp3) is 0.143. The van der Waals surface area contributed by atoms with Crippen LogP contribution in [0.5, 0.6) is 0 Å². The van der Waals surface area contributed by atoms with Gasteiger partial charge in [0.2, 0.25) is 0 Å². The van der Waals surface area contributed by atoms with Crippen molar-refractivity contribution in [2.75, 3.05) is 11.9 Å². The van der Waals surface area contributed by atoms with Crippen LogP contribution < -0.4 is 5.32 Å². The highest BCUT2D eigenvalue weighted by atomic mass is 79.9. The summed E-state index contributed by atoms with van der Waals surface area (Å²) < 4.78 is 26.1. The van der Waals surface area contributed by atoms with Crippen LogP contribution >= 0.6 is 15.9 Å². The number of benzene rings is 2. The molecule has 1 atom stereocenters. The highest BCUT2D eigenvalue weighted by Gasteiger charge is 2.08. The fourth-order valence-corrected chi connectivity index (χ4v) is 2.00. The van der Waals surface area contributed by atoms with E-state index in [0.29, 0.717) is 15.7 Å². The topological polar surface area (TPSA) is 32.3 Å². The van der Waals surface area contributed by atoms with Crippen LogP contribution in [-0.2, 0) is 0 Å². The predicted molar refractivity (Wildman–Crippen MR) is 73.9 cm³/mol. The van der Waals surface area contributed by atoms with Crippen molar-refractivity contribution >= 4 is 21.6 Å². The lowest BCUT2D eigenvalue weighted by molar-refractivity contribution is 0.191. The molecule has 0 fully saturated rings. The van der Waals surface area contributed by atoms with Gasteiger partial charge in [0.1, 0.15) is 11.6 Å². The number of anilines is 1. The molecule has 19 heavy (non-hydrogen) atoms. The molecule has 5 heteroatoms. The molecule has 0 heterocycles. The number of nitrogens with one attached hydrogen (secondary N) is 1. The number of hydrogen-bond donors (Lipinski definition) is 2. The van der Waals surface area contributed by atoms with Gasteiger partial charge in [-0.05, 0) is 51.8 Å². The summed E-state index contributed by atoms with van der Waals surface area (Å²) in [4.78, 5) is 0. The van der Waals surface area contributed by atoms with Crippen molar-refractivity contribution in [3.8, 4) is 0 Å². The Kier molecular flexibility index (Phi) is 4.50.